The highest BCUT2D eigenvalue weighted by Gasteiger charge is 2.26. The summed E-state index contributed by atoms with van der Waals surface area (Å²) in [4.78, 5) is 23.6. The normalized spacial score (nSPS) is 16.0. The number of benzene rings is 2. The predicted molar refractivity (Wildman–Crippen MR) is 90.6 cm³/mol. The number of carboxylic acid groups (broad SMARTS) is 1. The number of carboxylic acids is 1. The summed E-state index contributed by atoms with van der Waals surface area (Å²) < 4.78 is 10.7. The standard InChI is InChI=1S/C19H19NO5/c1-24-16-10-12(6-7-15(16)19(22)23)11-20-18(21)17-14-5-3-2-4-13(14)8-9-25-17/h2-7,10,17H,8-9,11H2,1H3,(H,20,21)(H,22,23). The number of carbonyl (C=O) groups is 2. The number of rotatable bonds is 5. The number of nitrogens with one attached hydrogen (secondary N) is 1. The summed E-state index contributed by atoms with van der Waals surface area (Å²) in [5.74, 6) is -1.01. The number of ether oxygens (including phenoxy) is 2. The first-order chi connectivity index (χ1) is 12.1. The quantitative estimate of drug-likeness (QED) is 0.872. The van der Waals surface area contributed by atoms with Crippen LogP contribution in [0.15, 0.2) is 42.5 Å². The molecular weight excluding hydrogens is 322 g/mol. The molecule has 0 saturated carbocycles. The lowest BCUT2D eigenvalue weighted by atomic mass is 9.97. The molecule has 130 valence electrons. The molecule has 2 aromatic carbocycles. The number of amides is 1. The third-order valence-electron chi connectivity index (χ3n) is 4.19. The van der Waals surface area contributed by atoms with Crippen LogP contribution in [0.3, 0.4) is 0 Å². The molecule has 3 rings (SSSR count). The molecule has 1 amide bonds. The van der Waals surface area contributed by atoms with Gasteiger partial charge in [0, 0.05) is 6.54 Å². The van der Waals surface area contributed by atoms with Gasteiger partial charge in [0.2, 0.25) is 0 Å². The van der Waals surface area contributed by atoms with E-state index in [1.807, 2.05) is 24.3 Å². The van der Waals surface area contributed by atoms with Gasteiger partial charge in [-0.15, -0.1) is 0 Å². The van der Waals surface area contributed by atoms with E-state index in [4.69, 9.17) is 14.6 Å². The molecule has 1 heterocycles. The second-order valence-corrected chi connectivity index (χ2v) is 5.76. The van der Waals surface area contributed by atoms with Crippen molar-refractivity contribution in [2.75, 3.05) is 13.7 Å². The maximum Gasteiger partial charge on any atom is 0.339 e. The van der Waals surface area contributed by atoms with Crippen LogP contribution in [-0.4, -0.2) is 30.7 Å². The molecule has 0 aliphatic carbocycles. The second-order valence-electron chi connectivity index (χ2n) is 5.76. The Hall–Kier alpha value is -2.86. The van der Waals surface area contributed by atoms with Crippen molar-refractivity contribution in [2.24, 2.45) is 0 Å². The molecule has 0 bridgehead atoms. The zero-order chi connectivity index (χ0) is 17.8. The molecule has 0 radical (unpaired) electrons. The van der Waals surface area contributed by atoms with Crippen molar-refractivity contribution in [2.45, 2.75) is 19.1 Å². The zero-order valence-electron chi connectivity index (χ0n) is 13.8. The minimum atomic E-state index is -1.06. The van der Waals surface area contributed by atoms with Crippen molar-refractivity contribution in [3.63, 3.8) is 0 Å². The van der Waals surface area contributed by atoms with Gasteiger partial charge in [0.1, 0.15) is 11.3 Å². The molecule has 2 N–H and O–H groups in total. The fraction of sp³-hybridized carbons (Fsp3) is 0.263. The number of hydrogen-bond donors (Lipinski definition) is 2. The first-order valence-electron chi connectivity index (χ1n) is 7.97. The number of methoxy groups -OCH3 is 1. The van der Waals surface area contributed by atoms with Crippen molar-refractivity contribution >= 4 is 11.9 Å². The van der Waals surface area contributed by atoms with E-state index in [1.54, 1.807) is 12.1 Å². The smallest absolute Gasteiger partial charge is 0.339 e. The Bertz CT molecular complexity index is 802. The number of carbonyl (C=O) groups excluding carboxylic acids is 1. The fourth-order valence-electron chi connectivity index (χ4n) is 2.92. The molecule has 2 aromatic rings. The number of fused-ring (bicyclic) bond motifs is 1. The van der Waals surface area contributed by atoms with Gasteiger partial charge in [-0.25, -0.2) is 4.79 Å². The summed E-state index contributed by atoms with van der Waals surface area (Å²) in [6, 6.07) is 12.5. The second kappa shape index (κ2) is 7.36. The highest BCUT2D eigenvalue weighted by molar-refractivity contribution is 5.91. The van der Waals surface area contributed by atoms with Crippen molar-refractivity contribution in [1.29, 1.82) is 0 Å². The van der Waals surface area contributed by atoms with Crippen LogP contribution in [0, 0.1) is 0 Å². The third-order valence-corrected chi connectivity index (χ3v) is 4.19. The lowest BCUT2D eigenvalue weighted by Crippen LogP contribution is -2.33. The van der Waals surface area contributed by atoms with Crippen LogP contribution in [0.2, 0.25) is 0 Å². The molecule has 1 aliphatic heterocycles. The average Bonchev–Trinajstić information content (AvgIpc) is 2.65. The molecule has 6 heteroatoms. The lowest BCUT2D eigenvalue weighted by molar-refractivity contribution is -0.134. The predicted octanol–water partition coefficient (Wildman–Crippen LogP) is 2.32. The first-order valence-corrected chi connectivity index (χ1v) is 7.97. The van der Waals surface area contributed by atoms with Gasteiger partial charge in [0.15, 0.2) is 6.10 Å². The Balaban J connectivity index is 1.70. The van der Waals surface area contributed by atoms with Crippen molar-refractivity contribution in [1.82, 2.24) is 5.32 Å². The van der Waals surface area contributed by atoms with E-state index >= 15 is 0 Å². The molecule has 1 unspecified atom stereocenters. The molecule has 1 atom stereocenters. The van der Waals surface area contributed by atoms with Crippen LogP contribution in [0.25, 0.3) is 0 Å². The molecule has 0 saturated heterocycles. The van der Waals surface area contributed by atoms with Gasteiger partial charge in [-0.2, -0.15) is 0 Å². The van der Waals surface area contributed by atoms with Gasteiger partial charge in [-0.05, 0) is 35.2 Å². The van der Waals surface area contributed by atoms with E-state index in [2.05, 4.69) is 5.32 Å². The lowest BCUT2D eigenvalue weighted by Gasteiger charge is -2.25. The van der Waals surface area contributed by atoms with E-state index in [1.165, 1.54) is 13.2 Å². The van der Waals surface area contributed by atoms with E-state index < -0.39 is 12.1 Å². The van der Waals surface area contributed by atoms with Gasteiger partial charge in [0.25, 0.3) is 5.91 Å². The Labute approximate surface area is 145 Å². The van der Waals surface area contributed by atoms with Crippen LogP contribution in [-0.2, 0) is 22.5 Å². The first kappa shape index (κ1) is 17.0. The maximum atomic E-state index is 12.5. The average molecular weight is 341 g/mol. The molecule has 0 aromatic heterocycles. The summed E-state index contributed by atoms with van der Waals surface area (Å²) >= 11 is 0. The Kier molecular flexibility index (Phi) is 5.00. The zero-order valence-corrected chi connectivity index (χ0v) is 13.8. The van der Waals surface area contributed by atoms with E-state index in [-0.39, 0.29) is 23.8 Å². The summed E-state index contributed by atoms with van der Waals surface area (Å²) in [5, 5.41) is 11.9. The van der Waals surface area contributed by atoms with Gasteiger partial charge < -0.3 is 19.9 Å². The maximum absolute atomic E-state index is 12.5. The Morgan fingerprint density at radius 1 is 1.28 bits per heavy atom. The summed E-state index contributed by atoms with van der Waals surface area (Å²) in [6.45, 7) is 0.771. The van der Waals surface area contributed by atoms with Crippen molar-refractivity contribution in [3.8, 4) is 5.75 Å². The monoisotopic (exact) mass is 341 g/mol. The SMILES string of the molecule is COc1cc(CNC(=O)C2OCCc3ccccc32)ccc1C(=O)O. The van der Waals surface area contributed by atoms with Crippen LogP contribution in [0.1, 0.15) is 33.2 Å². The minimum absolute atomic E-state index is 0.0853. The molecular formula is C19H19NO5. The number of aromatic carboxylic acids is 1. The van der Waals surface area contributed by atoms with E-state index in [9.17, 15) is 9.59 Å². The number of hydrogen-bond acceptors (Lipinski definition) is 4. The fourth-order valence-corrected chi connectivity index (χ4v) is 2.92. The summed E-state index contributed by atoms with van der Waals surface area (Å²) in [5.41, 5.74) is 2.85. The van der Waals surface area contributed by atoms with Crippen LogP contribution >= 0.6 is 0 Å². The van der Waals surface area contributed by atoms with Crippen LogP contribution < -0.4 is 10.1 Å². The van der Waals surface area contributed by atoms with Gasteiger partial charge in [-0.3, -0.25) is 4.79 Å². The molecule has 0 spiro atoms. The van der Waals surface area contributed by atoms with Crippen LogP contribution in [0.5, 0.6) is 5.75 Å². The van der Waals surface area contributed by atoms with E-state index in [0.29, 0.717) is 6.61 Å². The minimum Gasteiger partial charge on any atom is -0.496 e. The largest absolute Gasteiger partial charge is 0.496 e. The Morgan fingerprint density at radius 2 is 2.08 bits per heavy atom. The Morgan fingerprint density at radius 3 is 2.84 bits per heavy atom. The summed E-state index contributed by atoms with van der Waals surface area (Å²) in [7, 11) is 1.41. The van der Waals surface area contributed by atoms with Crippen molar-refractivity contribution in [3.05, 3.63) is 64.7 Å². The van der Waals surface area contributed by atoms with Crippen LogP contribution in [0.4, 0.5) is 0 Å². The molecule has 0 fully saturated rings. The molecule has 25 heavy (non-hydrogen) atoms. The summed E-state index contributed by atoms with van der Waals surface area (Å²) in [6.07, 6.45) is 0.179. The molecule has 1 aliphatic rings. The third kappa shape index (κ3) is 3.64. The highest BCUT2D eigenvalue weighted by atomic mass is 16.5. The van der Waals surface area contributed by atoms with Gasteiger partial charge in [0.05, 0.1) is 13.7 Å². The van der Waals surface area contributed by atoms with Crippen molar-refractivity contribution < 1.29 is 24.2 Å². The van der Waals surface area contributed by atoms with E-state index in [0.717, 1.165) is 23.1 Å². The molecule has 6 nitrogen and oxygen atoms in total. The van der Waals surface area contributed by atoms with Gasteiger partial charge in [-0.1, -0.05) is 30.3 Å². The van der Waals surface area contributed by atoms with Gasteiger partial charge >= 0.3 is 5.97 Å². The highest BCUT2D eigenvalue weighted by Crippen LogP contribution is 2.27. The topological polar surface area (TPSA) is 84.9 Å².